The molecule has 1 amide bonds. The summed E-state index contributed by atoms with van der Waals surface area (Å²) in [5.74, 6) is -0.0212. The van der Waals surface area contributed by atoms with Crippen LogP contribution in [0, 0.1) is 20.8 Å². The number of nitrogens with zero attached hydrogens (tertiary/aromatic N) is 4. The molecule has 0 saturated carbocycles. The van der Waals surface area contributed by atoms with Gasteiger partial charge in [0.05, 0.1) is 22.1 Å². The third kappa shape index (κ3) is 3.76. The van der Waals surface area contributed by atoms with Crippen LogP contribution in [0.1, 0.15) is 36.5 Å². The number of carbonyl (C=O) groups is 1. The third-order valence-corrected chi connectivity index (χ3v) is 4.46. The van der Waals surface area contributed by atoms with Crippen molar-refractivity contribution in [3.63, 3.8) is 0 Å². The molecule has 2 heterocycles. The standard InChI is InChI=1S/C15H22BrN5O/c1-10-8-11(2)20(19-10)7-5-6-17-15(22)13(4)21-12(3)14(16)9-18-21/h8-9,13H,5-7H2,1-4H3,(H,17,22). The van der Waals surface area contributed by atoms with E-state index >= 15 is 0 Å². The highest BCUT2D eigenvalue weighted by atomic mass is 79.9. The molecule has 6 nitrogen and oxygen atoms in total. The summed E-state index contributed by atoms with van der Waals surface area (Å²) in [5, 5.41) is 11.6. The van der Waals surface area contributed by atoms with Gasteiger partial charge in [0.2, 0.25) is 5.91 Å². The van der Waals surface area contributed by atoms with Crippen molar-refractivity contribution in [3.8, 4) is 0 Å². The Morgan fingerprint density at radius 3 is 2.68 bits per heavy atom. The molecular weight excluding hydrogens is 346 g/mol. The molecular formula is C15H22BrN5O. The molecule has 0 aromatic carbocycles. The van der Waals surface area contributed by atoms with Gasteiger partial charge in [-0.05, 0) is 56.1 Å². The molecule has 2 aromatic heterocycles. The summed E-state index contributed by atoms with van der Waals surface area (Å²) in [4.78, 5) is 12.2. The molecule has 2 aromatic rings. The molecule has 0 radical (unpaired) electrons. The molecule has 0 spiro atoms. The van der Waals surface area contributed by atoms with Crippen LogP contribution in [0.2, 0.25) is 0 Å². The summed E-state index contributed by atoms with van der Waals surface area (Å²) in [7, 11) is 0. The summed E-state index contributed by atoms with van der Waals surface area (Å²) >= 11 is 3.41. The van der Waals surface area contributed by atoms with Crippen molar-refractivity contribution in [3.05, 3.63) is 33.8 Å². The van der Waals surface area contributed by atoms with Gasteiger partial charge in [0, 0.05) is 18.8 Å². The van der Waals surface area contributed by atoms with Crippen LogP contribution in [0.4, 0.5) is 0 Å². The number of aryl methyl sites for hydroxylation is 3. The van der Waals surface area contributed by atoms with E-state index in [0.717, 1.165) is 34.5 Å². The monoisotopic (exact) mass is 367 g/mol. The lowest BCUT2D eigenvalue weighted by atomic mass is 10.3. The van der Waals surface area contributed by atoms with Crippen molar-refractivity contribution in [2.75, 3.05) is 6.54 Å². The van der Waals surface area contributed by atoms with Crippen LogP contribution in [0.5, 0.6) is 0 Å². The van der Waals surface area contributed by atoms with E-state index in [1.807, 2.05) is 32.4 Å². The lowest BCUT2D eigenvalue weighted by Gasteiger charge is -2.14. The molecule has 0 saturated heterocycles. The SMILES string of the molecule is Cc1cc(C)n(CCCNC(=O)C(C)n2ncc(Br)c2C)n1. The van der Waals surface area contributed by atoms with E-state index in [9.17, 15) is 4.79 Å². The minimum Gasteiger partial charge on any atom is -0.354 e. The van der Waals surface area contributed by atoms with E-state index in [1.165, 1.54) is 0 Å². The minimum atomic E-state index is -0.319. The van der Waals surface area contributed by atoms with Gasteiger partial charge in [-0.25, -0.2) is 0 Å². The predicted octanol–water partition coefficient (Wildman–Crippen LogP) is 2.53. The summed E-state index contributed by atoms with van der Waals surface area (Å²) in [6.45, 7) is 9.24. The molecule has 2 rings (SSSR count). The van der Waals surface area contributed by atoms with E-state index in [2.05, 4.69) is 37.5 Å². The van der Waals surface area contributed by atoms with Gasteiger partial charge in [-0.3, -0.25) is 14.2 Å². The molecule has 7 heteroatoms. The highest BCUT2D eigenvalue weighted by Crippen LogP contribution is 2.18. The quantitative estimate of drug-likeness (QED) is 0.797. The fourth-order valence-electron chi connectivity index (χ4n) is 2.39. The maximum atomic E-state index is 12.2. The van der Waals surface area contributed by atoms with E-state index in [0.29, 0.717) is 6.54 Å². The topological polar surface area (TPSA) is 64.7 Å². The summed E-state index contributed by atoms with van der Waals surface area (Å²) in [6, 6.07) is 1.74. The maximum absolute atomic E-state index is 12.2. The van der Waals surface area contributed by atoms with Crippen LogP contribution in [0.25, 0.3) is 0 Å². The molecule has 0 aliphatic heterocycles. The Hall–Kier alpha value is -1.63. The van der Waals surface area contributed by atoms with Crippen molar-refractivity contribution in [1.29, 1.82) is 0 Å². The Labute approximate surface area is 139 Å². The first-order valence-electron chi connectivity index (χ1n) is 7.38. The predicted molar refractivity (Wildman–Crippen MR) is 88.7 cm³/mol. The van der Waals surface area contributed by atoms with Gasteiger partial charge in [-0.2, -0.15) is 10.2 Å². The number of halogens is 1. The van der Waals surface area contributed by atoms with Gasteiger partial charge in [0.25, 0.3) is 0 Å². The zero-order chi connectivity index (χ0) is 16.3. The molecule has 0 aliphatic carbocycles. The number of hydrogen-bond donors (Lipinski definition) is 1. The second kappa shape index (κ2) is 7.09. The van der Waals surface area contributed by atoms with Crippen LogP contribution >= 0.6 is 15.9 Å². The van der Waals surface area contributed by atoms with E-state index < -0.39 is 0 Å². The molecule has 22 heavy (non-hydrogen) atoms. The first-order valence-corrected chi connectivity index (χ1v) is 8.18. The summed E-state index contributed by atoms with van der Waals surface area (Å²) in [5.41, 5.74) is 3.12. The molecule has 1 N–H and O–H groups in total. The highest BCUT2D eigenvalue weighted by Gasteiger charge is 2.17. The van der Waals surface area contributed by atoms with E-state index in [1.54, 1.807) is 10.9 Å². The van der Waals surface area contributed by atoms with Crippen LogP contribution < -0.4 is 5.32 Å². The Balaban J connectivity index is 1.80. The summed E-state index contributed by atoms with van der Waals surface area (Å²) in [6.07, 6.45) is 2.56. The second-order valence-electron chi connectivity index (χ2n) is 5.49. The van der Waals surface area contributed by atoms with Crippen molar-refractivity contribution in [2.45, 2.75) is 46.7 Å². The second-order valence-corrected chi connectivity index (χ2v) is 6.35. The van der Waals surface area contributed by atoms with Crippen LogP contribution in [0.15, 0.2) is 16.7 Å². The lowest BCUT2D eigenvalue weighted by molar-refractivity contribution is -0.124. The van der Waals surface area contributed by atoms with Gasteiger partial charge in [0.1, 0.15) is 6.04 Å². The Morgan fingerprint density at radius 2 is 2.14 bits per heavy atom. The number of hydrogen-bond acceptors (Lipinski definition) is 3. The van der Waals surface area contributed by atoms with Crippen molar-refractivity contribution < 1.29 is 4.79 Å². The largest absolute Gasteiger partial charge is 0.354 e. The first-order chi connectivity index (χ1) is 10.4. The Bertz CT molecular complexity index is 661. The number of amides is 1. The zero-order valence-electron chi connectivity index (χ0n) is 13.4. The average molecular weight is 368 g/mol. The van der Waals surface area contributed by atoms with Crippen molar-refractivity contribution >= 4 is 21.8 Å². The number of nitrogens with one attached hydrogen (secondary N) is 1. The smallest absolute Gasteiger partial charge is 0.244 e. The van der Waals surface area contributed by atoms with Crippen molar-refractivity contribution in [2.24, 2.45) is 0 Å². The summed E-state index contributed by atoms with van der Waals surface area (Å²) < 4.78 is 4.61. The molecule has 0 fully saturated rings. The number of aromatic nitrogens is 4. The van der Waals surface area contributed by atoms with E-state index in [4.69, 9.17) is 0 Å². The van der Waals surface area contributed by atoms with Crippen LogP contribution in [-0.4, -0.2) is 32.0 Å². The normalized spacial score (nSPS) is 12.4. The van der Waals surface area contributed by atoms with Crippen LogP contribution in [0.3, 0.4) is 0 Å². The van der Waals surface area contributed by atoms with Gasteiger partial charge < -0.3 is 5.32 Å². The van der Waals surface area contributed by atoms with Gasteiger partial charge >= 0.3 is 0 Å². The fourth-order valence-corrected chi connectivity index (χ4v) is 2.67. The Morgan fingerprint density at radius 1 is 1.41 bits per heavy atom. The molecule has 1 unspecified atom stereocenters. The minimum absolute atomic E-state index is 0.0212. The fraction of sp³-hybridized carbons (Fsp3) is 0.533. The van der Waals surface area contributed by atoms with Crippen LogP contribution in [-0.2, 0) is 11.3 Å². The third-order valence-electron chi connectivity index (χ3n) is 3.68. The average Bonchev–Trinajstić information content (AvgIpc) is 2.97. The number of carbonyl (C=O) groups excluding carboxylic acids is 1. The van der Waals surface area contributed by atoms with Gasteiger partial charge in [0.15, 0.2) is 0 Å². The Kier molecular flexibility index (Phi) is 5.39. The zero-order valence-corrected chi connectivity index (χ0v) is 15.0. The lowest BCUT2D eigenvalue weighted by Crippen LogP contribution is -2.33. The molecule has 0 aliphatic rings. The molecule has 120 valence electrons. The maximum Gasteiger partial charge on any atom is 0.244 e. The van der Waals surface area contributed by atoms with Crippen molar-refractivity contribution in [1.82, 2.24) is 24.9 Å². The van der Waals surface area contributed by atoms with Gasteiger partial charge in [-0.15, -0.1) is 0 Å². The van der Waals surface area contributed by atoms with Gasteiger partial charge in [-0.1, -0.05) is 0 Å². The first kappa shape index (κ1) is 16.7. The molecule has 1 atom stereocenters. The molecule has 0 bridgehead atoms. The van der Waals surface area contributed by atoms with E-state index in [-0.39, 0.29) is 11.9 Å². The highest BCUT2D eigenvalue weighted by molar-refractivity contribution is 9.10. The number of rotatable bonds is 6.